The first kappa shape index (κ1) is 14.0. The van der Waals surface area contributed by atoms with Crippen molar-refractivity contribution in [3.05, 3.63) is 29.8 Å². The summed E-state index contributed by atoms with van der Waals surface area (Å²) >= 11 is 0. The van der Waals surface area contributed by atoms with Crippen LogP contribution in [0.4, 0.5) is 4.79 Å². The van der Waals surface area contributed by atoms with Crippen molar-refractivity contribution in [1.82, 2.24) is 10.6 Å². The van der Waals surface area contributed by atoms with E-state index in [0.717, 1.165) is 0 Å². The van der Waals surface area contributed by atoms with E-state index < -0.39 is 18.0 Å². The van der Waals surface area contributed by atoms with Gasteiger partial charge in [-0.05, 0) is 13.0 Å². The number of para-hydroxylation sites is 1. The van der Waals surface area contributed by atoms with Crippen LogP contribution in [0.25, 0.3) is 0 Å². The van der Waals surface area contributed by atoms with Crippen molar-refractivity contribution in [3.8, 4) is 5.75 Å². The van der Waals surface area contributed by atoms with Gasteiger partial charge in [0.2, 0.25) is 0 Å². The number of urea groups is 1. The first-order valence-corrected chi connectivity index (χ1v) is 5.46. The average Bonchev–Trinajstić information content (AvgIpc) is 2.39. The van der Waals surface area contributed by atoms with Crippen molar-refractivity contribution in [2.45, 2.75) is 19.6 Å². The van der Waals surface area contributed by atoms with E-state index in [2.05, 4.69) is 10.6 Å². The van der Waals surface area contributed by atoms with E-state index in [4.69, 9.17) is 9.84 Å². The number of carbonyl (C=O) groups is 2. The minimum atomic E-state index is -0.838. The van der Waals surface area contributed by atoms with Gasteiger partial charge in [-0.25, -0.2) is 4.79 Å². The van der Waals surface area contributed by atoms with Crippen LogP contribution >= 0.6 is 0 Å². The molecule has 0 bridgehead atoms. The molecule has 6 nitrogen and oxygen atoms in total. The van der Waals surface area contributed by atoms with E-state index in [9.17, 15) is 9.59 Å². The molecular weight excluding hydrogens is 236 g/mol. The lowest BCUT2D eigenvalue weighted by atomic mass is 10.2. The Morgan fingerprint density at radius 3 is 2.67 bits per heavy atom. The highest BCUT2D eigenvalue weighted by Crippen LogP contribution is 2.19. The predicted octanol–water partition coefficient (Wildman–Crippen LogP) is 0.402. The maximum Gasteiger partial charge on any atom is 0.321 e. The van der Waals surface area contributed by atoms with E-state index in [0.29, 0.717) is 11.3 Å². The molecule has 0 radical (unpaired) electrons. The lowest BCUT2D eigenvalue weighted by Gasteiger charge is -2.15. The molecule has 0 aliphatic heterocycles. The molecule has 0 saturated heterocycles. The predicted molar refractivity (Wildman–Crippen MR) is 65.1 cm³/mol. The van der Waals surface area contributed by atoms with Crippen LogP contribution in [0.5, 0.6) is 5.75 Å². The molecule has 1 atom stereocenters. The number of rotatable bonds is 4. The van der Waals surface area contributed by atoms with Gasteiger partial charge in [-0.3, -0.25) is 10.1 Å². The van der Waals surface area contributed by atoms with E-state index >= 15 is 0 Å². The van der Waals surface area contributed by atoms with Crippen molar-refractivity contribution in [3.63, 3.8) is 0 Å². The molecule has 3 N–H and O–H groups in total. The van der Waals surface area contributed by atoms with Crippen LogP contribution in [-0.2, 0) is 11.4 Å². The van der Waals surface area contributed by atoms with E-state index in [-0.39, 0.29) is 6.61 Å². The van der Waals surface area contributed by atoms with E-state index in [1.165, 1.54) is 14.0 Å². The second-order valence-corrected chi connectivity index (χ2v) is 3.59. The Hall–Kier alpha value is -2.08. The van der Waals surface area contributed by atoms with Gasteiger partial charge < -0.3 is 15.2 Å². The van der Waals surface area contributed by atoms with Gasteiger partial charge in [0.05, 0.1) is 6.61 Å². The van der Waals surface area contributed by atoms with Gasteiger partial charge >= 0.3 is 6.03 Å². The summed E-state index contributed by atoms with van der Waals surface area (Å²) in [6.07, 6.45) is -0.838. The number of carbonyl (C=O) groups excluding carboxylic acids is 2. The molecule has 1 aromatic rings. The number of amides is 3. The second-order valence-electron chi connectivity index (χ2n) is 3.59. The Bertz CT molecular complexity index is 434. The summed E-state index contributed by atoms with van der Waals surface area (Å²) in [6, 6.07) is 6.24. The quantitative estimate of drug-likeness (QED) is 0.724. The number of ether oxygens (including phenoxy) is 1. The molecule has 0 saturated carbocycles. The van der Waals surface area contributed by atoms with Crippen molar-refractivity contribution in [2.24, 2.45) is 0 Å². The summed E-state index contributed by atoms with van der Waals surface area (Å²) in [7, 11) is 1.41. The number of aliphatic hydroxyl groups excluding tert-OH is 1. The molecule has 0 aliphatic carbocycles. The zero-order chi connectivity index (χ0) is 13.5. The largest absolute Gasteiger partial charge is 0.481 e. The zero-order valence-corrected chi connectivity index (χ0v) is 10.3. The molecule has 18 heavy (non-hydrogen) atoms. The van der Waals surface area contributed by atoms with Gasteiger partial charge in [0, 0.05) is 12.6 Å². The second kappa shape index (κ2) is 6.61. The molecule has 0 aliphatic rings. The maximum atomic E-state index is 11.6. The summed E-state index contributed by atoms with van der Waals surface area (Å²) in [5.74, 6) is -0.137. The Morgan fingerprint density at radius 2 is 2.06 bits per heavy atom. The Morgan fingerprint density at radius 1 is 1.39 bits per heavy atom. The maximum absolute atomic E-state index is 11.6. The van der Waals surface area contributed by atoms with Crippen LogP contribution < -0.4 is 15.4 Å². The highest BCUT2D eigenvalue weighted by atomic mass is 16.5. The monoisotopic (exact) mass is 252 g/mol. The van der Waals surface area contributed by atoms with Crippen LogP contribution in [-0.4, -0.2) is 30.2 Å². The minimum absolute atomic E-state index is 0.181. The lowest BCUT2D eigenvalue weighted by molar-refractivity contribution is -0.126. The van der Waals surface area contributed by atoms with Crippen molar-refractivity contribution >= 4 is 11.9 Å². The fraction of sp³-hybridized carbons (Fsp3) is 0.333. The number of aliphatic hydroxyl groups is 1. The summed E-state index contributed by atoms with van der Waals surface area (Å²) in [5.41, 5.74) is 0.581. The van der Waals surface area contributed by atoms with E-state index in [1.807, 2.05) is 0 Å². The SMILES string of the molecule is CNC(=O)NC(=O)C(C)Oc1ccccc1CO. The Balaban J connectivity index is 2.66. The fourth-order valence-corrected chi connectivity index (χ4v) is 1.27. The molecule has 0 fully saturated rings. The summed E-state index contributed by atoms with van der Waals surface area (Å²) in [6.45, 7) is 1.34. The number of hydrogen-bond donors (Lipinski definition) is 3. The molecular formula is C12H16N2O4. The molecule has 3 amide bonds. The lowest BCUT2D eigenvalue weighted by Crippen LogP contribution is -2.44. The molecule has 0 spiro atoms. The Labute approximate surface area is 105 Å². The molecule has 1 aromatic carbocycles. The summed E-state index contributed by atoms with van der Waals surface area (Å²) in [5, 5.41) is 13.5. The minimum Gasteiger partial charge on any atom is -0.481 e. The van der Waals surface area contributed by atoms with Crippen molar-refractivity contribution < 1.29 is 19.4 Å². The number of hydrogen-bond acceptors (Lipinski definition) is 4. The number of nitrogens with one attached hydrogen (secondary N) is 2. The van der Waals surface area contributed by atoms with E-state index in [1.54, 1.807) is 24.3 Å². The molecule has 1 rings (SSSR count). The third kappa shape index (κ3) is 3.74. The van der Waals surface area contributed by atoms with Crippen LogP contribution in [0.15, 0.2) is 24.3 Å². The molecule has 1 unspecified atom stereocenters. The van der Waals surface area contributed by atoms with Crippen molar-refractivity contribution in [2.75, 3.05) is 7.05 Å². The Kier molecular flexibility index (Phi) is 5.13. The molecule has 0 heterocycles. The first-order valence-electron chi connectivity index (χ1n) is 5.46. The van der Waals surface area contributed by atoms with Crippen molar-refractivity contribution in [1.29, 1.82) is 0 Å². The van der Waals surface area contributed by atoms with Gasteiger partial charge in [-0.2, -0.15) is 0 Å². The average molecular weight is 252 g/mol. The number of benzene rings is 1. The third-order valence-electron chi connectivity index (χ3n) is 2.28. The van der Waals surface area contributed by atoms with Crippen LogP contribution in [0.3, 0.4) is 0 Å². The standard InChI is InChI=1S/C12H16N2O4/c1-8(11(16)14-12(17)13-2)18-10-6-4-3-5-9(10)7-15/h3-6,8,15H,7H2,1-2H3,(H2,13,14,16,17). The highest BCUT2D eigenvalue weighted by Gasteiger charge is 2.17. The van der Waals surface area contributed by atoms with Gasteiger partial charge in [0.15, 0.2) is 6.10 Å². The van der Waals surface area contributed by atoms with Gasteiger partial charge in [-0.1, -0.05) is 18.2 Å². The molecule has 98 valence electrons. The van der Waals surface area contributed by atoms with Gasteiger partial charge in [0.25, 0.3) is 5.91 Å². The fourth-order valence-electron chi connectivity index (χ4n) is 1.27. The number of imide groups is 1. The van der Waals surface area contributed by atoms with Crippen LogP contribution in [0.1, 0.15) is 12.5 Å². The summed E-state index contributed by atoms with van der Waals surface area (Å²) in [4.78, 5) is 22.5. The first-order chi connectivity index (χ1) is 8.58. The smallest absolute Gasteiger partial charge is 0.321 e. The molecule has 6 heteroatoms. The highest BCUT2D eigenvalue weighted by molar-refractivity contribution is 5.96. The van der Waals surface area contributed by atoms with Crippen LogP contribution in [0.2, 0.25) is 0 Å². The van der Waals surface area contributed by atoms with Gasteiger partial charge in [-0.15, -0.1) is 0 Å². The normalized spacial score (nSPS) is 11.5. The van der Waals surface area contributed by atoms with Crippen LogP contribution in [0, 0.1) is 0 Å². The summed E-state index contributed by atoms with van der Waals surface area (Å²) < 4.78 is 5.39. The zero-order valence-electron chi connectivity index (χ0n) is 10.3. The third-order valence-corrected chi connectivity index (χ3v) is 2.28. The molecule has 0 aromatic heterocycles. The van der Waals surface area contributed by atoms with Gasteiger partial charge in [0.1, 0.15) is 5.75 Å². The topological polar surface area (TPSA) is 87.7 Å².